The van der Waals surface area contributed by atoms with E-state index in [0.29, 0.717) is 12.1 Å². The smallest absolute Gasteiger partial charge is 0.368 e. The van der Waals surface area contributed by atoms with Gasteiger partial charge in [-0.2, -0.15) is 32.6 Å². The number of nitrogens with zero attached hydrogens (tertiary/aromatic N) is 6. The summed E-state index contributed by atoms with van der Waals surface area (Å²) < 4.78 is 62.9. The normalized spacial score (nSPS) is 12.4. The minimum Gasteiger partial charge on any atom is -0.368 e. The maximum absolute atomic E-state index is 13.0. The van der Waals surface area contributed by atoms with Crippen LogP contribution in [0.5, 0.6) is 0 Å². The van der Waals surface area contributed by atoms with Crippen LogP contribution in [-0.4, -0.2) is 44.2 Å². The molecule has 0 spiro atoms. The monoisotopic (exact) mass is 403 g/mol. The summed E-state index contributed by atoms with van der Waals surface area (Å²) in [5, 5.41) is 14.1. The van der Waals surface area contributed by atoms with Gasteiger partial charge in [-0.3, -0.25) is 10.1 Å². The van der Waals surface area contributed by atoms with E-state index in [4.69, 9.17) is 5.73 Å². The Kier molecular flexibility index (Phi) is 3.98. The molecule has 0 amide bonds. The first-order chi connectivity index (χ1) is 12.4. The summed E-state index contributed by atoms with van der Waals surface area (Å²) in [4.78, 5) is 20.9. The standard InChI is InChI=1S/C12H8F3N7O4S/c1-27(25,26)11-18-9(16)21-10(19-11)17-8(20-21)5-2-6(12(13,14)15)4-7(3-5)22(23)24/h2-4H,1H3,(H2,16,17,18,19,20). The SMILES string of the molecule is CS(=O)(=O)c1nc(N)n2nc(-c3cc([N+](=O)[O-])cc(C(F)(F)F)c3)nc2n1. The van der Waals surface area contributed by atoms with Gasteiger partial charge in [-0.05, 0) is 6.07 Å². The van der Waals surface area contributed by atoms with Gasteiger partial charge < -0.3 is 5.73 Å². The van der Waals surface area contributed by atoms with Crippen molar-refractivity contribution in [2.24, 2.45) is 0 Å². The predicted molar refractivity (Wildman–Crippen MR) is 83.2 cm³/mol. The summed E-state index contributed by atoms with van der Waals surface area (Å²) in [6, 6.07) is 1.82. The van der Waals surface area contributed by atoms with Crippen LogP contribution in [0.25, 0.3) is 17.2 Å². The fourth-order valence-electron chi connectivity index (χ4n) is 2.08. The van der Waals surface area contributed by atoms with Gasteiger partial charge in [-0.25, -0.2) is 8.42 Å². The van der Waals surface area contributed by atoms with Gasteiger partial charge in [0.1, 0.15) is 0 Å². The molecule has 0 saturated carbocycles. The number of halogens is 3. The lowest BCUT2D eigenvalue weighted by atomic mass is 10.1. The first kappa shape index (κ1) is 18.4. The van der Waals surface area contributed by atoms with Gasteiger partial charge in [-0.15, -0.1) is 5.10 Å². The third-order valence-electron chi connectivity index (χ3n) is 3.26. The summed E-state index contributed by atoms with van der Waals surface area (Å²) in [6.45, 7) is 0. The number of anilines is 1. The van der Waals surface area contributed by atoms with Crippen LogP contribution in [0, 0.1) is 10.1 Å². The van der Waals surface area contributed by atoms with Crippen LogP contribution in [0.1, 0.15) is 5.56 Å². The maximum atomic E-state index is 13.0. The Morgan fingerprint density at radius 1 is 1.19 bits per heavy atom. The van der Waals surface area contributed by atoms with E-state index in [1.807, 2.05) is 0 Å². The van der Waals surface area contributed by atoms with Crippen LogP contribution >= 0.6 is 0 Å². The Balaban J connectivity index is 2.25. The predicted octanol–water partition coefficient (Wildman–Crippen LogP) is 1.10. The third kappa shape index (κ3) is 3.48. The zero-order valence-electron chi connectivity index (χ0n) is 13.2. The molecule has 3 aromatic rings. The van der Waals surface area contributed by atoms with Crippen molar-refractivity contribution in [2.75, 3.05) is 12.0 Å². The molecule has 142 valence electrons. The number of hydrogen-bond donors (Lipinski definition) is 1. The molecule has 2 aromatic heterocycles. The quantitative estimate of drug-likeness (QED) is 0.499. The molecular formula is C12H8F3N7O4S. The second-order valence-electron chi connectivity index (χ2n) is 5.31. The Morgan fingerprint density at radius 2 is 1.85 bits per heavy atom. The van der Waals surface area contributed by atoms with Gasteiger partial charge in [-0.1, -0.05) is 0 Å². The largest absolute Gasteiger partial charge is 0.416 e. The molecule has 0 aliphatic heterocycles. The number of benzene rings is 1. The van der Waals surface area contributed by atoms with E-state index in [1.165, 1.54) is 0 Å². The van der Waals surface area contributed by atoms with Gasteiger partial charge in [0.2, 0.25) is 15.8 Å². The average molecular weight is 403 g/mol. The van der Waals surface area contributed by atoms with Gasteiger partial charge in [0.15, 0.2) is 5.82 Å². The molecule has 27 heavy (non-hydrogen) atoms. The van der Waals surface area contributed by atoms with Gasteiger partial charge in [0, 0.05) is 24.0 Å². The number of nitrogen functional groups attached to an aromatic ring is 1. The number of nitrogens with two attached hydrogens (primary N) is 1. The average Bonchev–Trinajstić information content (AvgIpc) is 2.97. The highest BCUT2D eigenvalue weighted by molar-refractivity contribution is 7.90. The molecule has 0 fully saturated rings. The minimum atomic E-state index is -4.85. The number of nitro benzene ring substituents is 1. The van der Waals surface area contributed by atoms with Crippen LogP contribution in [-0.2, 0) is 16.0 Å². The van der Waals surface area contributed by atoms with Crippen LogP contribution in [0.2, 0.25) is 0 Å². The first-order valence-electron chi connectivity index (χ1n) is 6.83. The summed E-state index contributed by atoms with van der Waals surface area (Å²) in [5.74, 6) is -1.16. The van der Waals surface area contributed by atoms with E-state index in [0.717, 1.165) is 16.8 Å². The van der Waals surface area contributed by atoms with Crippen molar-refractivity contribution in [3.8, 4) is 11.4 Å². The molecule has 2 heterocycles. The highest BCUT2D eigenvalue weighted by Crippen LogP contribution is 2.34. The van der Waals surface area contributed by atoms with Crippen molar-refractivity contribution >= 4 is 27.3 Å². The van der Waals surface area contributed by atoms with Crippen LogP contribution in [0.4, 0.5) is 24.8 Å². The van der Waals surface area contributed by atoms with Crippen molar-refractivity contribution < 1.29 is 26.5 Å². The van der Waals surface area contributed by atoms with E-state index in [-0.39, 0.29) is 17.2 Å². The van der Waals surface area contributed by atoms with Gasteiger partial charge in [0.05, 0.1) is 10.5 Å². The molecule has 0 aliphatic rings. The Hall–Kier alpha value is -3.36. The summed E-state index contributed by atoms with van der Waals surface area (Å²) in [5.41, 5.74) is 3.15. The van der Waals surface area contributed by atoms with E-state index >= 15 is 0 Å². The van der Waals surface area contributed by atoms with E-state index in [9.17, 15) is 31.7 Å². The van der Waals surface area contributed by atoms with Gasteiger partial charge in [0.25, 0.3) is 16.6 Å². The molecular weight excluding hydrogens is 395 g/mol. The topological polar surface area (TPSA) is 159 Å². The Morgan fingerprint density at radius 3 is 2.41 bits per heavy atom. The molecule has 0 unspecified atom stereocenters. The summed E-state index contributed by atoms with van der Waals surface area (Å²) >= 11 is 0. The number of hydrogen-bond acceptors (Lipinski definition) is 9. The minimum absolute atomic E-state index is 0.331. The highest BCUT2D eigenvalue weighted by atomic mass is 32.2. The Bertz CT molecular complexity index is 1190. The lowest BCUT2D eigenvalue weighted by Crippen LogP contribution is -2.11. The molecule has 1 aromatic carbocycles. The molecule has 0 saturated heterocycles. The number of aromatic nitrogens is 5. The lowest BCUT2D eigenvalue weighted by molar-refractivity contribution is -0.385. The van der Waals surface area contributed by atoms with Crippen molar-refractivity contribution in [2.45, 2.75) is 11.3 Å². The summed E-state index contributed by atoms with van der Waals surface area (Å²) in [7, 11) is -3.84. The zero-order chi connectivity index (χ0) is 20.1. The van der Waals surface area contributed by atoms with Crippen molar-refractivity contribution in [3.63, 3.8) is 0 Å². The van der Waals surface area contributed by atoms with Crippen molar-refractivity contribution in [1.82, 2.24) is 24.6 Å². The van der Waals surface area contributed by atoms with E-state index in [2.05, 4.69) is 20.1 Å². The number of rotatable bonds is 3. The second-order valence-corrected chi connectivity index (χ2v) is 7.22. The van der Waals surface area contributed by atoms with E-state index < -0.39 is 43.3 Å². The first-order valence-corrected chi connectivity index (χ1v) is 8.73. The van der Waals surface area contributed by atoms with E-state index in [1.54, 1.807) is 0 Å². The molecule has 0 atom stereocenters. The number of sulfone groups is 1. The number of alkyl halides is 3. The summed E-state index contributed by atoms with van der Waals surface area (Å²) in [6.07, 6.45) is -4.02. The zero-order valence-corrected chi connectivity index (χ0v) is 14.0. The van der Waals surface area contributed by atoms with Crippen LogP contribution < -0.4 is 5.73 Å². The lowest BCUT2D eigenvalue weighted by Gasteiger charge is -2.07. The number of nitro groups is 1. The Labute approximate surface area is 147 Å². The fourth-order valence-corrected chi connectivity index (χ4v) is 2.59. The second kappa shape index (κ2) is 5.83. The highest BCUT2D eigenvalue weighted by Gasteiger charge is 2.33. The molecule has 2 N–H and O–H groups in total. The molecule has 15 heteroatoms. The molecule has 0 bridgehead atoms. The van der Waals surface area contributed by atoms with Gasteiger partial charge >= 0.3 is 6.18 Å². The van der Waals surface area contributed by atoms with Crippen LogP contribution in [0.15, 0.2) is 23.4 Å². The third-order valence-corrected chi connectivity index (χ3v) is 4.10. The molecule has 0 aliphatic carbocycles. The van der Waals surface area contributed by atoms with Crippen molar-refractivity contribution in [1.29, 1.82) is 0 Å². The number of fused-ring (bicyclic) bond motifs is 1. The molecule has 0 radical (unpaired) electrons. The maximum Gasteiger partial charge on any atom is 0.416 e. The number of non-ortho nitro benzene ring substituents is 1. The molecule has 11 nitrogen and oxygen atoms in total. The van der Waals surface area contributed by atoms with Crippen LogP contribution in [0.3, 0.4) is 0 Å². The van der Waals surface area contributed by atoms with Crippen molar-refractivity contribution in [3.05, 3.63) is 33.9 Å². The molecule has 3 rings (SSSR count). The fraction of sp³-hybridized carbons (Fsp3) is 0.167.